The summed E-state index contributed by atoms with van der Waals surface area (Å²) >= 11 is 0. The van der Waals surface area contributed by atoms with Crippen LogP contribution in [0.3, 0.4) is 0 Å². The Morgan fingerprint density at radius 3 is 2.94 bits per heavy atom. The summed E-state index contributed by atoms with van der Waals surface area (Å²) in [7, 11) is 0. The largest absolute Gasteiger partial charge is 0.381 e. The van der Waals surface area contributed by atoms with E-state index in [9.17, 15) is 0 Å². The summed E-state index contributed by atoms with van der Waals surface area (Å²) in [6.07, 6.45) is 5.78. The van der Waals surface area contributed by atoms with Crippen molar-refractivity contribution in [1.82, 2.24) is 14.8 Å². The fraction of sp³-hybridized carbons (Fsp3) is 0.846. The van der Waals surface area contributed by atoms with E-state index in [1.807, 2.05) is 0 Å². The molecule has 0 spiro atoms. The fourth-order valence-corrected chi connectivity index (χ4v) is 2.69. The summed E-state index contributed by atoms with van der Waals surface area (Å²) in [6, 6.07) is 0. The predicted octanol–water partition coefficient (Wildman–Crippen LogP) is 1.84. The van der Waals surface area contributed by atoms with Crippen molar-refractivity contribution in [1.29, 1.82) is 0 Å². The Morgan fingerprint density at radius 2 is 2.17 bits per heavy atom. The molecule has 1 fully saturated rings. The zero-order chi connectivity index (χ0) is 12.4. The van der Waals surface area contributed by atoms with Gasteiger partial charge in [-0.1, -0.05) is 6.92 Å². The minimum atomic E-state index is 0.323. The van der Waals surface area contributed by atoms with Crippen molar-refractivity contribution in [2.45, 2.75) is 45.6 Å². The van der Waals surface area contributed by atoms with Crippen LogP contribution in [0.1, 0.15) is 38.4 Å². The lowest BCUT2D eigenvalue weighted by molar-refractivity contribution is 0.0299. The summed E-state index contributed by atoms with van der Waals surface area (Å²) in [6.45, 7) is 6.05. The molecule has 3 heterocycles. The average Bonchev–Trinajstić information content (AvgIpc) is 2.80. The van der Waals surface area contributed by atoms with Gasteiger partial charge in [-0.3, -0.25) is 0 Å². The second kappa shape index (κ2) is 4.88. The molecule has 0 amide bonds. The Hall–Kier alpha value is -1.10. The average molecular weight is 250 g/mol. The number of rotatable bonds is 3. The quantitative estimate of drug-likeness (QED) is 0.889. The first kappa shape index (κ1) is 12.0. The minimum absolute atomic E-state index is 0.323. The van der Waals surface area contributed by atoms with E-state index in [4.69, 9.17) is 4.74 Å². The lowest BCUT2D eigenvalue weighted by atomic mass is 9.82. The van der Waals surface area contributed by atoms with Gasteiger partial charge in [0, 0.05) is 32.7 Å². The van der Waals surface area contributed by atoms with Crippen LogP contribution in [0.25, 0.3) is 0 Å². The van der Waals surface area contributed by atoms with Crippen molar-refractivity contribution < 1.29 is 4.74 Å². The molecule has 0 saturated carbocycles. The number of aromatic nitrogens is 3. The number of hydrogen-bond acceptors (Lipinski definition) is 4. The number of ether oxygens (including phenoxy) is 1. The Kier molecular flexibility index (Phi) is 3.24. The van der Waals surface area contributed by atoms with Gasteiger partial charge in [0.2, 0.25) is 5.95 Å². The molecule has 1 aromatic rings. The predicted molar refractivity (Wildman–Crippen MR) is 69.6 cm³/mol. The summed E-state index contributed by atoms with van der Waals surface area (Å²) < 4.78 is 7.47. The van der Waals surface area contributed by atoms with Gasteiger partial charge >= 0.3 is 0 Å². The first-order valence-electron chi connectivity index (χ1n) is 7.01. The molecular formula is C13H22N4O. The maximum atomic E-state index is 5.42. The van der Waals surface area contributed by atoms with Crippen LogP contribution in [-0.4, -0.2) is 34.5 Å². The highest BCUT2D eigenvalue weighted by molar-refractivity contribution is 5.24. The molecule has 1 N–H and O–H groups in total. The summed E-state index contributed by atoms with van der Waals surface area (Å²) in [5.41, 5.74) is 0.323. The molecule has 18 heavy (non-hydrogen) atoms. The number of nitrogens with one attached hydrogen (secondary N) is 1. The monoisotopic (exact) mass is 250 g/mol. The maximum Gasteiger partial charge on any atom is 0.242 e. The third-order valence-corrected chi connectivity index (χ3v) is 4.14. The van der Waals surface area contributed by atoms with E-state index in [0.717, 1.165) is 57.3 Å². The normalized spacial score (nSPS) is 22.5. The van der Waals surface area contributed by atoms with Crippen LogP contribution in [0.15, 0.2) is 0 Å². The Balaban J connectivity index is 1.60. The fourth-order valence-electron chi connectivity index (χ4n) is 2.69. The number of anilines is 1. The van der Waals surface area contributed by atoms with E-state index >= 15 is 0 Å². The highest BCUT2D eigenvalue weighted by atomic mass is 16.5. The molecule has 0 aromatic carbocycles. The van der Waals surface area contributed by atoms with Crippen LogP contribution in [0, 0.1) is 5.41 Å². The summed E-state index contributed by atoms with van der Waals surface area (Å²) in [4.78, 5) is 4.58. The maximum absolute atomic E-state index is 5.42. The van der Waals surface area contributed by atoms with Crippen molar-refractivity contribution in [2.75, 3.05) is 25.1 Å². The number of hydrogen-bond donors (Lipinski definition) is 1. The van der Waals surface area contributed by atoms with Crippen molar-refractivity contribution in [2.24, 2.45) is 5.41 Å². The van der Waals surface area contributed by atoms with Gasteiger partial charge in [0.25, 0.3) is 0 Å². The van der Waals surface area contributed by atoms with Gasteiger partial charge in [0.15, 0.2) is 0 Å². The lowest BCUT2D eigenvalue weighted by Crippen LogP contribution is -2.33. The molecule has 3 rings (SSSR count). The third kappa shape index (κ3) is 2.51. The van der Waals surface area contributed by atoms with Gasteiger partial charge in [0.1, 0.15) is 5.82 Å². The van der Waals surface area contributed by atoms with E-state index in [2.05, 4.69) is 27.0 Å². The van der Waals surface area contributed by atoms with E-state index < -0.39 is 0 Å². The number of aryl methyl sites for hydroxylation is 2. The van der Waals surface area contributed by atoms with Crippen molar-refractivity contribution in [3.63, 3.8) is 0 Å². The molecule has 5 heteroatoms. The van der Waals surface area contributed by atoms with Crippen molar-refractivity contribution in [3.05, 3.63) is 5.82 Å². The van der Waals surface area contributed by atoms with Crippen LogP contribution in [0.2, 0.25) is 0 Å². The molecule has 0 bridgehead atoms. The van der Waals surface area contributed by atoms with Gasteiger partial charge in [0.05, 0.1) is 0 Å². The Morgan fingerprint density at radius 1 is 1.33 bits per heavy atom. The molecule has 0 atom stereocenters. The second-order valence-electron chi connectivity index (χ2n) is 5.81. The van der Waals surface area contributed by atoms with Crippen LogP contribution in [0.4, 0.5) is 5.95 Å². The molecule has 0 aliphatic carbocycles. The summed E-state index contributed by atoms with van der Waals surface area (Å²) in [5, 5.41) is 7.94. The van der Waals surface area contributed by atoms with Crippen molar-refractivity contribution >= 4 is 5.95 Å². The zero-order valence-corrected chi connectivity index (χ0v) is 11.1. The topological polar surface area (TPSA) is 52.0 Å². The highest BCUT2D eigenvalue weighted by Crippen LogP contribution is 2.29. The van der Waals surface area contributed by atoms with E-state index in [1.165, 1.54) is 12.8 Å². The Labute approximate surface area is 108 Å². The van der Waals surface area contributed by atoms with Gasteiger partial charge < -0.3 is 10.1 Å². The standard InChI is InChI=1S/C13H22N4O/c1-13(5-8-18-9-6-13)10-14-12-15-11-4-2-3-7-17(11)16-12/h2-10H2,1H3,(H,14,16). The van der Waals surface area contributed by atoms with Crippen LogP contribution < -0.4 is 5.32 Å². The SMILES string of the molecule is CC1(CNc2nc3n(n2)CCCC3)CCOCC1. The van der Waals surface area contributed by atoms with E-state index in [0.29, 0.717) is 5.41 Å². The summed E-state index contributed by atoms with van der Waals surface area (Å²) in [5.74, 6) is 1.94. The molecule has 1 saturated heterocycles. The molecule has 0 unspecified atom stereocenters. The highest BCUT2D eigenvalue weighted by Gasteiger charge is 2.27. The van der Waals surface area contributed by atoms with Gasteiger partial charge in [-0.15, -0.1) is 5.10 Å². The molecule has 2 aliphatic rings. The van der Waals surface area contributed by atoms with E-state index in [1.54, 1.807) is 0 Å². The molecule has 2 aliphatic heterocycles. The van der Waals surface area contributed by atoms with Crippen LogP contribution >= 0.6 is 0 Å². The lowest BCUT2D eigenvalue weighted by Gasteiger charge is -2.33. The first-order valence-corrected chi connectivity index (χ1v) is 7.01. The number of fused-ring (bicyclic) bond motifs is 1. The molecular weight excluding hydrogens is 228 g/mol. The third-order valence-electron chi connectivity index (χ3n) is 4.14. The van der Waals surface area contributed by atoms with E-state index in [-0.39, 0.29) is 0 Å². The van der Waals surface area contributed by atoms with Gasteiger partial charge in [-0.2, -0.15) is 4.98 Å². The van der Waals surface area contributed by atoms with Crippen LogP contribution in [0.5, 0.6) is 0 Å². The smallest absolute Gasteiger partial charge is 0.242 e. The zero-order valence-electron chi connectivity index (χ0n) is 11.1. The Bertz CT molecular complexity index is 386. The van der Waals surface area contributed by atoms with Gasteiger partial charge in [-0.05, 0) is 31.1 Å². The van der Waals surface area contributed by atoms with Crippen LogP contribution in [-0.2, 0) is 17.7 Å². The molecule has 0 radical (unpaired) electrons. The number of nitrogens with zero attached hydrogens (tertiary/aromatic N) is 3. The van der Waals surface area contributed by atoms with Gasteiger partial charge in [-0.25, -0.2) is 4.68 Å². The molecule has 5 nitrogen and oxygen atoms in total. The molecule has 100 valence electrons. The first-order chi connectivity index (χ1) is 8.75. The second-order valence-corrected chi connectivity index (χ2v) is 5.81. The minimum Gasteiger partial charge on any atom is -0.381 e. The molecule has 1 aromatic heterocycles. The van der Waals surface area contributed by atoms with Crippen molar-refractivity contribution in [3.8, 4) is 0 Å².